The lowest BCUT2D eigenvalue weighted by Gasteiger charge is -2.23. The van der Waals surface area contributed by atoms with Gasteiger partial charge in [-0.05, 0) is 31.7 Å². The molecule has 2 aliphatic heterocycles. The van der Waals surface area contributed by atoms with Gasteiger partial charge in [-0.1, -0.05) is 13.8 Å². The Morgan fingerprint density at radius 2 is 2.38 bits per heavy atom. The van der Waals surface area contributed by atoms with E-state index < -0.39 is 0 Å². The summed E-state index contributed by atoms with van der Waals surface area (Å²) in [5.74, 6) is 0.779. The van der Waals surface area contributed by atoms with Gasteiger partial charge in [0.2, 0.25) is 0 Å². The summed E-state index contributed by atoms with van der Waals surface area (Å²) in [6.07, 6.45) is 3.82. The molecule has 0 amide bonds. The summed E-state index contributed by atoms with van der Waals surface area (Å²) in [4.78, 5) is 2.55. The maximum atomic E-state index is 5.95. The van der Waals surface area contributed by atoms with Gasteiger partial charge in [-0.2, -0.15) is 0 Å². The molecule has 0 radical (unpaired) electrons. The van der Waals surface area contributed by atoms with Crippen molar-refractivity contribution in [3.05, 3.63) is 0 Å². The summed E-state index contributed by atoms with van der Waals surface area (Å²) < 4.78 is 5.95. The minimum Gasteiger partial charge on any atom is -0.373 e. The number of likely N-dealkylation sites (tertiary alicyclic amines) is 1. The zero-order valence-corrected chi connectivity index (χ0v) is 8.88. The van der Waals surface area contributed by atoms with Gasteiger partial charge in [-0.15, -0.1) is 0 Å². The number of hydrogen-bond donors (Lipinski definition) is 0. The van der Waals surface area contributed by atoms with Crippen LogP contribution in [-0.4, -0.2) is 36.7 Å². The molecule has 0 bridgehead atoms. The summed E-state index contributed by atoms with van der Waals surface area (Å²) >= 11 is 0. The van der Waals surface area contributed by atoms with E-state index in [1.807, 2.05) is 0 Å². The maximum absolute atomic E-state index is 5.95. The molecule has 2 heterocycles. The highest BCUT2D eigenvalue weighted by Crippen LogP contribution is 2.37. The van der Waals surface area contributed by atoms with Gasteiger partial charge in [0, 0.05) is 13.1 Å². The highest BCUT2D eigenvalue weighted by Gasteiger charge is 2.43. The minimum absolute atomic E-state index is 0.259. The van der Waals surface area contributed by atoms with Crippen LogP contribution in [0.5, 0.6) is 0 Å². The van der Waals surface area contributed by atoms with Crippen LogP contribution in [0.25, 0.3) is 0 Å². The van der Waals surface area contributed by atoms with Crippen molar-refractivity contribution in [2.45, 2.75) is 38.7 Å². The van der Waals surface area contributed by atoms with Crippen molar-refractivity contribution in [2.75, 3.05) is 26.2 Å². The topological polar surface area (TPSA) is 12.5 Å². The van der Waals surface area contributed by atoms with Crippen LogP contribution >= 0.6 is 0 Å². The van der Waals surface area contributed by atoms with Gasteiger partial charge in [0.1, 0.15) is 0 Å². The van der Waals surface area contributed by atoms with Crippen molar-refractivity contribution >= 4 is 0 Å². The molecule has 2 nitrogen and oxygen atoms in total. The zero-order valence-electron chi connectivity index (χ0n) is 8.88. The van der Waals surface area contributed by atoms with Crippen molar-refractivity contribution in [2.24, 2.45) is 5.92 Å². The number of ether oxygens (including phenoxy) is 1. The summed E-state index contributed by atoms with van der Waals surface area (Å²) in [6, 6.07) is 0. The van der Waals surface area contributed by atoms with E-state index in [0.717, 1.165) is 12.5 Å². The molecule has 0 saturated carbocycles. The first kappa shape index (κ1) is 9.47. The van der Waals surface area contributed by atoms with Crippen molar-refractivity contribution in [1.82, 2.24) is 4.90 Å². The second-order valence-corrected chi connectivity index (χ2v) is 4.83. The zero-order chi connectivity index (χ0) is 9.31. The highest BCUT2D eigenvalue weighted by molar-refractivity contribution is 4.96. The summed E-state index contributed by atoms with van der Waals surface area (Å²) in [5.41, 5.74) is 0.259. The predicted octanol–water partition coefficient (Wildman–Crippen LogP) is 1.90. The van der Waals surface area contributed by atoms with E-state index in [-0.39, 0.29) is 5.60 Å². The fraction of sp³-hybridized carbons (Fsp3) is 1.00. The summed E-state index contributed by atoms with van der Waals surface area (Å²) in [6.45, 7) is 9.23. The molecule has 0 N–H and O–H groups in total. The summed E-state index contributed by atoms with van der Waals surface area (Å²) in [7, 11) is 0. The summed E-state index contributed by atoms with van der Waals surface area (Å²) in [5, 5.41) is 0. The number of rotatable bonds is 2. The average Bonchev–Trinajstić information content (AvgIpc) is 2.62. The third kappa shape index (κ3) is 1.89. The number of hydrogen-bond acceptors (Lipinski definition) is 2. The Hall–Kier alpha value is -0.0800. The van der Waals surface area contributed by atoms with Gasteiger partial charge in [-0.3, -0.25) is 0 Å². The molecule has 0 aromatic carbocycles. The molecule has 2 rings (SSSR count). The molecule has 2 unspecified atom stereocenters. The molecular weight excluding hydrogens is 162 g/mol. The largest absolute Gasteiger partial charge is 0.373 e. The van der Waals surface area contributed by atoms with E-state index >= 15 is 0 Å². The second-order valence-electron chi connectivity index (χ2n) is 4.83. The molecule has 2 saturated heterocycles. The Morgan fingerprint density at radius 1 is 1.54 bits per heavy atom. The molecule has 13 heavy (non-hydrogen) atoms. The molecule has 2 fully saturated rings. The fourth-order valence-electron chi connectivity index (χ4n) is 2.79. The molecule has 2 aliphatic rings. The normalized spacial score (nSPS) is 40.6. The third-order valence-electron chi connectivity index (χ3n) is 3.33. The van der Waals surface area contributed by atoms with Crippen LogP contribution in [0.2, 0.25) is 0 Å². The van der Waals surface area contributed by atoms with Crippen molar-refractivity contribution in [3.63, 3.8) is 0 Å². The van der Waals surface area contributed by atoms with Crippen LogP contribution in [0, 0.1) is 5.92 Å². The Balaban J connectivity index is 1.89. The first-order chi connectivity index (χ1) is 6.24. The van der Waals surface area contributed by atoms with Crippen LogP contribution in [0.1, 0.15) is 33.1 Å². The molecule has 76 valence electrons. The lowest BCUT2D eigenvalue weighted by molar-refractivity contribution is 0.0119. The first-order valence-electron chi connectivity index (χ1n) is 5.60. The van der Waals surface area contributed by atoms with E-state index in [9.17, 15) is 0 Å². The molecule has 1 spiro atoms. The smallest absolute Gasteiger partial charge is 0.0824 e. The van der Waals surface area contributed by atoms with E-state index in [4.69, 9.17) is 4.74 Å². The quantitative estimate of drug-likeness (QED) is 0.648. The molecule has 0 aromatic heterocycles. The van der Waals surface area contributed by atoms with Crippen LogP contribution in [0.15, 0.2) is 0 Å². The SMILES string of the molecule is CCCN1CCC2(CC(C)CO2)C1. The third-order valence-corrected chi connectivity index (χ3v) is 3.33. The van der Waals surface area contributed by atoms with Gasteiger partial charge in [-0.25, -0.2) is 0 Å². The van der Waals surface area contributed by atoms with Crippen LogP contribution < -0.4 is 0 Å². The standard InChI is InChI=1S/C11H21NO/c1-3-5-12-6-4-11(9-12)7-10(2)8-13-11/h10H,3-9H2,1-2H3. The molecular formula is C11H21NO. The van der Waals surface area contributed by atoms with E-state index in [2.05, 4.69) is 18.7 Å². The first-order valence-corrected chi connectivity index (χ1v) is 5.60. The van der Waals surface area contributed by atoms with Crippen LogP contribution in [0.4, 0.5) is 0 Å². The Morgan fingerprint density at radius 3 is 3.00 bits per heavy atom. The van der Waals surface area contributed by atoms with Crippen molar-refractivity contribution in [3.8, 4) is 0 Å². The Labute approximate surface area is 81.3 Å². The van der Waals surface area contributed by atoms with E-state index in [1.54, 1.807) is 0 Å². The molecule has 0 aliphatic carbocycles. The van der Waals surface area contributed by atoms with Crippen LogP contribution in [-0.2, 0) is 4.74 Å². The Bertz CT molecular complexity index is 183. The Kier molecular flexibility index (Phi) is 2.61. The van der Waals surface area contributed by atoms with Gasteiger partial charge in [0.15, 0.2) is 0 Å². The number of nitrogens with zero attached hydrogens (tertiary/aromatic N) is 1. The average molecular weight is 183 g/mol. The predicted molar refractivity (Wildman–Crippen MR) is 53.8 cm³/mol. The lowest BCUT2D eigenvalue weighted by Crippen LogP contribution is -2.32. The monoisotopic (exact) mass is 183 g/mol. The lowest BCUT2D eigenvalue weighted by atomic mass is 9.95. The second kappa shape index (κ2) is 3.58. The molecule has 2 heteroatoms. The molecule has 0 aromatic rings. The van der Waals surface area contributed by atoms with Gasteiger partial charge >= 0.3 is 0 Å². The van der Waals surface area contributed by atoms with E-state index in [0.29, 0.717) is 0 Å². The highest BCUT2D eigenvalue weighted by atomic mass is 16.5. The fourth-order valence-corrected chi connectivity index (χ4v) is 2.79. The molecule has 2 atom stereocenters. The van der Waals surface area contributed by atoms with Crippen molar-refractivity contribution < 1.29 is 4.74 Å². The van der Waals surface area contributed by atoms with Gasteiger partial charge in [0.05, 0.1) is 12.2 Å². The minimum atomic E-state index is 0.259. The maximum Gasteiger partial charge on any atom is 0.0824 e. The van der Waals surface area contributed by atoms with Gasteiger partial charge < -0.3 is 9.64 Å². The van der Waals surface area contributed by atoms with Crippen LogP contribution in [0.3, 0.4) is 0 Å². The van der Waals surface area contributed by atoms with Gasteiger partial charge in [0.25, 0.3) is 0 Å². The van der Waals surface area contributed by atoms with E-state index in [1.165, 1.54) is 38.9 Å². The van der Waals surface area contributed by atoms with Crippen molar-refractivity contribution in [1.29, 1.82) is 0 Å².